The van der Waals surface area contributed by atoms with Crippen molar-refractivity contribution in [3.8, 4) is 0 Å². The molecule has 1 aromatic rings. The molecule has 1 aliphatic heterocycles. The van der Waals surface area contributed by atoms with Gasteiger partial charge in [0.2, 0.25) is 5.91 Å². The quantitative estimate of drug-likeness (QED) is 0.502. The van der Waals surface area contributed by atoms with Crippen LogP contribution in [0, 0.1) is 28.6 Å². The summed E-state index contributed by atoms with van der Waals surface area (Å²) in [6.07, 6.45) is 12.2. The van der Waals surface area contributed by atoms with Crippen molar-refractivity contribution in [3.63, 3.8) is 0 Å². The Morgan fingerprint density at radius 3 is 2.61 bits per heavy atom. The third kappa shape index (κ3) is 3.44. The van der Waals surface area contributed by atoms with Gasteiger partial charge in [0.25, 0.3) is 0 Å². The van der Waals surface area contributed by atoms with Crippen LogP contribution in [0.2, 0.25) is 0 Å². The largest absolute Gasteiger partial charge is 0.417 e. The van der Waals surface area contributed by atoms with Gasteiger partial charge in [-0.1, -0.05) is 25.7 Å². The molecule has 1 spiro atoms. The molecule has 0 N–H and O–H groups in total. The number of carbonyl (C=O) groups is 1. The minimum absolute atomic E-state index is 0.229. The Bertz CT molecular complexity index is 938. The summed E-state index contributed by atoms with van der Waals surface area (Å²) in [5, 5.41) is 0. The first-order valence-corrected chi connectivity index (χ1v) is 13.2. The highest BCUT2D eigenvalue weighted by atomic mass is 19.4. The predicted octanol–water partition coefficient (Wildman–Crippen LogP) is 6.54. The van der Waals surface area contributed by atoms with Gasteiger partial charge in [0.1, 0.15) is 0 Å². The fourth-order valence-electron chi connectivity index (χ4n) is 8.75. The van der Waals surface area contributed by atoms with Crippen LogP contribution < -0.4 is 0 Å². The summed E-state index contributed by atoms with van der Waals surface area (Å²) < 4.78 is 39.7. The van der Waals surface area contributed by atoms with Crippen molar-refractivity contribution < 1.29 is 18.0 Å². The van der Waals surface area contributed by atoms with Gasteiger partial charge in [-0.3, -0.25) is 9.78 Å². The second-order valence-electron chi connectivity index (χ2n) is 11.8. The summed E-state index contributed by atoms with van der Waals surface area (Å²) in [5.41, 5.74) is 0.879. The first kappa shape index (κ1) is 21.9. The number of rotatable bonds is 2. The van der Waals surface area contributed by atoms with Gasteiger partial charge < -0.3 is 4.90 Å². The summed E-state index contributed by atoms with van der Waals surface area (Å²) in [6.45, 7) is 0.855. The molecule has 1 amide bonds. The van der Waals surface area contributed by atoms with Crippen molar-refractivity contribution in [1.82, 2.24) is 9.88 Å². The number of hydrogen-bond acceptors (Lipinski definition) is 2. The van der Waals surface area contributed by atoms with E-state index in [1.54, 1.807) is 0 Å². The average Bonchev–Trinajstić information content (AvgIpc) is 3.35. The molecule has 180 valence electrons. The van der Waals surface area contributed by atoms with Crippen molar-refractivity contribution in [3.05, 3.63) is 29.1 Å². The monoisotopic (exact) mass is 460 g/mol. The van der Waals surface area contributed by atoms with Crippen molar-refractivity contribution in [2.75, 3.05) is 6.54 Å². The van der Waals surface area contributed by atoms with Gasteiger partial charge in [0, 0.05) is 31.4 Å². The van der Waals surface area contributed by atoms with Gasteiger partial charge in [-0.25, -0.2) is 0 Å². The molecule has 6 heteroatoms. The average molecular weight is 461 g/mol. The molecule has 1 unspecified atom stereocenters. The molecule has 5 aliphatic rings. The van der Waals surface area contributed by atoms with Crippen LogP contribution >= 0.6 is 0 Å². The van der Waals surface area contributed by atoms with E-state index >= 15 is 0 Å². The smallest absolute Gasteiger partial charge is 0.337 e. The predicted molar refractivity (Wildman–Crippen MR) is 119 cm³/mol. The highest BCUT2D eigenvalue weighted by Gasteiger charge is 2.60. The van der Waals surface area contributed by atoms with Gasteiger partial charge in [0.15, 0.2) is 0 Å². The van der Waals surface area contributed by atoms with Crippen LogP contribution in [0.4, 0.5) is 13.2 Å². The zero-order chi connectivity index (χ0) is 22.8. The van der Waals surface area contributed by atoms with E-state index in [1.807, 2.05) is 4.90 Å². The van der Waals surface area contributed by atoms with Gasteiger partial charge in [0.05, 0.1) is 11.0 Å². The van der Waals surface area contributed by atoms with Crippen LogP contribution in [-0.4, -0.2) is 22.3 Å². The van der Waals surface area contributed by atoms with Gasteiger partial charge in [-0.05, 0) is 86.2 Å². The Kier molecular flexibility index (Phi) is 5.12. The fourth-order valence-corrected chi connectivity index (χ4v) is 8.75. The minimum Gasteiger partial charge on any atom is -0.337 e. The van der Waals surface area contributed by atoms with Crippen LogP contribution in [0.3, 0.4) is 0 Å². The highest BCUT2D eigenvalue weighted by Crippen LogP contribution is 2.66. The number of hydrogen-bond donors (Lipinski definition) is 0. The third-order valence-corrected chi connectivity index (χ3v) is 10.4. The van der Waals surface area contributed by atoms with Crippen molar-refractivity contribution in [2.45, 2.75) is 96.2 Å². The van der Waals surface area contributed by atoms with Gasteiger partial charge >= 0.3 is 6.18 Å². The Balaban J connectivity index is 1.21. The molecule has 4 saturated carbocycles. The zero-order valence-corrected chi connectivity index (χ0v) is 19.4. The van der Waals surface area contributed by atoms with Crippen LogP contribution in [-0.2, 0) is 23.9 Å². The molecule has 0 aromatic carbocycles. The van der Waals surface area contributed by atoms with E-state index < -0.39 is 11.7 Å². The number of alkyl halides is 3. The number of halogens is 3. The molecule has 2 heterocycles. The molecule has 33 heavy (non-hydrogen) atoms. The van der Waals surface area contributed by atoms with E-state index in [0.717, 1.165) is 37.8 Å². The first-order chi connectivity index (χ1) is 15.8. The molecule has 1 aromatic heterocycles. The normalized spacial score (nSPS) is 35.2. The summed E-state index contributed by atoms with van der Waals surface area (Å²) in [7, 11) is 0. The Hall–Kier alpha value is -1.59. The molecular weight excluding hydrogens is 425 g/mol. The Morgan fingerprint density at radius 2 is 1.88 bits per heavy atom. The topological polar surface area (TPSA) is 33.2 Å². The molecule has 0 radical (unpaired) electrons. The van der Waals surface area contributed by atoms with Gasteiger partial charge in [-0.15, -0.1) is 0 Å². The van der Waals surface area contributed by atoms with E-state index in [2.05, 4.69) is 4.98 Å². The molecular formula is C27H35F3N2O. The molecule has 0 saturated heterocycles. The number of fused-ring (bicyclic) bond motifs is 2. The van der Waals surface area contributed by atoms with Crippen LogP contribution in [0.1, 0.15) is 93.9 Å². The lowest BCUT2D eigenvalue weighted by Crippen LogP contribution is -2.47. The van der Waals surface area contributed by atoms with E-state index in [-0.39, 0.29) is 17.9 Å². The number of amides is 1. The molecule has 4 atom stereocenters. The van der Waals surface area contributed by atoms with Crippen molar-refractivity contribution in [2.24, 2.45) is 28.6 Å². The minimum atomic E-state index is -4.40. The van der Waals surface area contributed by atoms with Crippen LogP contribution in [0.25, 0.3) is 0 Å². The maximum atomic E-state index is 14.0. The molecule has 3 nitrogen and oxygen atoms in total. The van der Waals surface area contributed by atoms with E-state index in [1.165, 1.54) is 57.4 Å². The summed E-state index contributed by atoms with van der Waals surface area (Å²) in [6, 6.07) is 1.21. The van der Waals surface area contributed by atoms with E-state index in [0.29, 0.717) is 41.5 Å². The maximum Gasteiger partial charge on any atom is 0.417 e. The Morgan fingerprint density at radius 1 is 1.06 bits per heavy atom. The summed E-state index contributed by atoms with van der Waals surface area (Å²) in [5.74, 6) is 2.17. The summed E-state index contributed by atoms with van der Waals surface area (Å²) in [4.78, 5) is 20.0. The first-order valence-electron chi connectivity index (χ1n) is 13.2. The SMILES string of the molecule is O=C(N1CCc2ncc(C(F)(F)F)cc2C1)[C@@]12CCC[C@@H]1C[C@@H](C1CCC13CCCCC3)C2. The number of nitrogens with zero attached hydrogens (tertiary/aromatic N) is 2. The number of carbonyl (C=O) groups excluding carboxylic acids is 1. The zero-order valence-electron chi connectivity index (χ0n) is 19.4. The molecule has 4 fully saturated rings. The maximum absolute atomic E-state index is 14.0. The van der Waals surface area contributed by atoms with Crippen LogP contribution in [0.15, 0.2) is 12.3 Å². The summed E-state index contributed by atoms with van der Waals surface area (Å²) >= 11 is 0. The third-order valence-electron chi connectivity index (χ3n) is 10.4. The van der Waals surface area contributed by atoms with Crippen molar-refractivity contribution in [1.29, 1.82) is 0 Å². The number of aromatic nitrogens is 1. The highest BCUT2D eigenvalue weighted by molar-refractivity contribution is 5.84. The lowest BCUT2D eigenvalue weighted by molar-refractivity contribution is -0.145. The number of pyridine rings is 1. The lowest BCUT2D eigenvalue weighted by atomic mass is 9.50. The molecule has 4 aliphatic carbocycles. The second kappa shape index (κ2) is 7.71. The Labute approximate surface area is 194 Å². The fraction of sp³-hybridized carbons (Fsp3) is 0.778. The standard InChI is InChI=1S/C27H35F3N2O/c28-27(29,30)21-14-19-17-32(12-7-23(19)31-16-21)24(33)26-10-4-5-20(26)13-18(15-26)22-6-11-25(22)8-2-1-3-9-25/h14,16,18,20,22H,1-13,15,17H2/t18-,20-,22?,26-/m1/s1. The van der Waals surface area contributed by atoms with E-state index in [4.69, 9.17) is 0 Å². The van der Waals surface area contributed by atoms with Crippen LogP contribution in [0.5, 0.6) is 0 Å². The van der Waals surface area contributed by atoms with Crippen molar-refractivity contribution >= 4 is 5.91 Å². The van der Waals surface area contributed by atoms with Gasteiger partial charge in [-0.2, -0.15) is 13.2 Å². The molecule has 0 bridgehead atoms. The lowest BCUT2D eigenvalue weighted by Gasteiger charge is -2.55. The van der Waals surface area contributed by atoms with E-state index in [9.17, 15) is 18.0 Å². The molecule has 6 rings (SSSR count). The second-order valence-corrected chi connectivity index (χ2v) is 11.8.